The van der Waals surface area contributed by atoms with Crippen LogP contribution in [0.4, 0.5) is 27.3 Å². The highest BCUT2D eigenvalue weighted by Gasteiger charge is 2.36. The highest BCUT2D eigenvalue weighted by Crippen LogP contribution is 2.37. The minimum absolute atomic E-state index is 0.0365. The highest BCUT2D eigenvalue weighted by atomic mass is 19.1. The van der Waals surface area contributed by atoms with Gasteiger partial charge < -0.3 is 35.1 Å². The molecule has 2 aromatic carbocycles. The molecule has 254 valence electrons. The van der Waals surface area contributed by atoms with E-state index in [0.29, 0.717) is 47.3 Å². The van der Waals surface area contributed by atoms with Gasteiger partial charge >= 0.3 is 0 Å². The Morgan fingerprint density at radius 2 is 1.83 bits per heavy atom. The molecule has 5 rings (SSSR count). The maximum atomic E-state index is 15.4. The van der Waals surface area contributed by atoms with Crippen LogP contribution < -0.4 is 25.4 Å². The lowest BCUT2D eigenvalue weighted by atomic mass is 9.81. The highest BCUT2D eigenvalue weighted by molar-refractivity contribution is 6.04. The van der Waals surface area contributed by atoms with Crippen molar-refractivity contribution in [2.24, 2.45) is 21.1 Å². The number of anilines is 2. The molecule has 1 aromatic heterocycles. The first-order chi connectivity index (χ1) is 23.0. The minimum Gasteiger partial charge on any atom is -0.495 e. The van der Waals surface area contributed by atoms with Crippen molar-refractivity contribution in [1.29, 1.82) is 0 Å². The number of pyridine rings is 1. The summed E-state index contributed by atoms with van der Waals surface area (Å²) in [5.74, 6) is 1.57. The van der Waals surface area contributed by atoms with Gasteiger partial charge in [-0.1, -0.05) is 20.4 Å². The van der Waals surface area contributed by atoms with Crippen LogP contribution in [0.2, 0.25) is 0 Å². The van der Waals surface area contributed by atoms with Gasteiger partial charge in [-0.25, -0.2) is 14.4 Å². The molecule has 11 nitrogen and oxygen atoms in total. The van der Waals surface area contributed by atoms with E-state index in [1.807, 2.05) is 6.07 Å². The summed E-state index contributed by atoms with van der Waals surface area (Å²) in [6.45, 7) is 14.4. The van der Waals surface area contributed by atoms with Crippen molar-refractivity contribution in [3.8, 4) is 17.2 Å². The Morgan fingerprint density at radius 3 is 2.48 bits per heavy atom. The number of likely N-dealkylation sites (tertiary alicyclic amines) is 1. The summed E-state index contributed by atoms with van der Waals surface area (Å²) in [7, 11) is 3.32. The van der Waals surface area contributed by atoms with Crippen LogP contribution in [0.3, 0.4) is 0 Å². The topological polar surface area (TPSA) is 127 Å². The summed E-state index contributed by atoms with van der Waals surface area (Å²) in [6.07, 6.45) is 5.58. The fraction of sp³-hybridized carbons (Fsp3) is 0.389. The van der Waals surface area contributed by atoms with Crippen LogP contribution in [0.25, 0.3) is 0 Å². The Kier molecular flexibility index (Phi) is 10.6. The third-order valence-corrected chi connectivity index (χ3v) is 8.96. The molecule has 0 spiro atoms. The number of nitrogens with zero attached hydrogens (tertiary/aromatic N) is 5. The molecule has 2 aliphatic heterocycles. The number of amidine groups is 1. The van der Waals surface area contributed by atoms with Crippen molar-refractivity contribution in [3.05, 3.63) is 72.7 Å². The molecule has 0 aliphatic carbocycles. The number of hydrogen-bond donors (Lipinski definition) is 2. The van der Waals surface area contributed by atoms with Crippen LogP contribution in [-0.2, 0) is 9.53 Å². The largest absolute Gasteiger partial charge is 0.495 e. The number of aliphatic imine (C=N–C) groups is 2. The Labute approximate surface area is 281 Å². The zero-order chi connectivity index (χ0) is 34.4. The normalized spacial score (nSPS) is 18.3. The van der Waals surface area contributed by atoms with Gasteiger partial charge in [0.05, 0.1) is 24.6 Å². The smallest absolute Gasteiger partial charge is 0.245 e. The van der Waals surface area contributed by atoms with E-state index in [4.69, 9.17) is 19.9 Å². The molecule has 0 bridgehead atoms. The lowest BCUT2D eigenvalue weighted by Crippen LogP contribution is -2.49. The van der Waals surface area contributed by atoms with Crippen molar-refractivity contribution in [3.63, 3.8) is 0 Å². The number of carbonyl (C=O) groups is 1. The number of halogens is 1. The van der Waals surface area contributed by atoms with Crippen molar-refractivity contribution >= 4 is 41.3 Å². The van der Waals surface area contributed by atoms with E-state index >= 15 is 4.39 Å². The van der Waals surface area contributed by atoms with Gasteiger partial charge in [0.25, 0.3) is 0 Å². The first-order valence-electron chi connectivity index (χ1n) is 16.0. The van der Waals surface area contributed by atoms with E-state index in [0.717, 1.165) is 38.2 Å². The van der Waals surface area contributed by atoms with Gasteiger partial charge in [0.15, 0.2) is 5.82 Å². The molecule has 0 saturated carbocycles. The Hall–Kier alpha value is -4.97. The second-order valence-corrected chi connectivity index (χ2v) is 12.7. The van der Waals surface area contributed by atoms with E-state index in [1.165, 1.54) is 18.2 Å². The number of piperidine rings is 2. The average molecular weight is 658 g/mol. The molecule has 0 radical (unpaired) electrons. The molecule has 12 heteroatoms. The summed E-state index contributed by atoms with van der Waals surface area (Å²) in [5.41, 5.74) is 8.03. The Bertz CT molecular complexity index is 1690. The van der Waals surface area contributed by atoms with Crippen LogP contribution in [0, 0.1) is 11.2 Å². The van der Waals surface area contributed by atoms with Gasteiger partial charge in [-0.3, -0.25) is 9.79 Å². The third kappa shape index (κ3) is 7.76. The average Bonchev–Trinajstić information content (AvgIpc) is 3.08. The Balaban J connectivity index is 1.31. The van der Waals surface area contributed by atoms with E-state index in [1.54, 1.807) is 49.6 Å². The number of nitrogens with one attached hydrogen (secondary N) is 1. The first kappa shape index (κ1) is 34.4. The van der Waals surface area contributed by atoms with Gasteiger partial charge in [-0.05, 0) is 56.3 Å². The second-order valence-electron chi connectivity index (χ2n) is 12.7. The molecule has 3 heterocycles. The van der Waals surface area contributed by atoms with E-state index in [2.05, 4.69) is 52.3 Å². The number of hydrogen-bond acceptors (Lipinski definition) is 9. The van der Waals surface area contributed by atoms with Crippen LogP contribution in [0.15, 0.2) is 71.3 Å². The summed E-state index contributed by atoms with van der Waals surface area (Å²) >= 11 is 0. The van der Waals surface area contributed by atoms with Gasteiger partial charge in [-0.2, -0.15) is 0 Å². The van der Waals surface area contributed by atoms with Crippen molar-refractivity contribution < 1.29 is 23.4 Å². The van der Waals surface area contributed by atoms with Crippen molar-refractivity contribution in [1.82, 2.24) is 9.88 Å². The lowest BCUT2D eigenvalue weighted by molar-refractivity contribution is -0.126. The fourth-order valence-electron chi connectivity index (χ4n) is 6.35. The lowest BCUT2D eigenvalue weighted by Gasteiger charge is -2.44. The van der Waals surface area contributed by atoms with E-state index in [-0.39, 0.29) is 35.0 Å². The molecule has 1 unspecified atom stereocenters. The molecule has 3 N–H and O–H groups in total. The third-order valence-electron chi connectivity index (χ3n) is 8.96. The molecular formula is C36H44FN7O4. The number of nitrogens with two attached hydrogens (primary N) is 1. The molecule has 1 atom stereocenters. The number of rotatable bonds is 11. The van der Waals surface area contributed by atoms with Gasteiger partial charge in [0, 0.05) is 74.7 Å². The maximum Gasteiger partial charge on any atom is 0.245 e. The number of benzene rings is 2. The van der Waals surface area contributed by atoms with Gasteiger partial charge in [0.1, 0.15) is 34.6 Å². The predicted molar refractivity (Wildman–Crippen MR) is 188 cm³/mol. The number of aromatic nitrogens is 1. The molecule has 2 saturated heterocycles. The number of ether oxygens (including phenoxy) is 3. The summed E-state index contributed by atoms with van der Waals surface area (Å²) in [5, 5.41) is 3.50. The summed E-state index contributed by atoms with van der Waals surface area (Å²) < 4.78 is 32.7. The van der Waals surface area contributed by atoms with Crippen molar-refractivity contribution in [2.45, 2.75) is 45.3 Å². The van der Waals surface area contributed by atoms with Crippen LogP contribution in [0.1, 0.15) is 38.7 Å². The second kappa shape index (κ2) is 14.8. The standard InChI is InChI=1S/C36H44FN7O4/c1-7-34(45)43-15-11-23(12-16-43)41-30-20-26(29(39-4)21-31(30)46-5)35(38)42-28-9-8-24(18-27(28)37)48-25-10-14-40-33(19-25)44-17-13-32(47-6)36(2,3)22-44/h7-10,14,18-21,23,32,41H,1,4,11-13,15-17,22H2,2-3,5-6H3,(H2,38,42). The van der Waals surface area contributed by atoms with Gasteiger partial charge in [0.2, 0.25) is 5.91 Å². The monoisotopic (exact) mass is 657 g/mol. The molecule has 48 heavy (non-hydrogen) atoms. The zero-order valence-corrected chi connectivity index (χ0v) is 28.0. The Morgan fingerprint density at radius 1 is 1.08 bits per heavy atom. The molecule has 2 aliphatic rings. The molecule has 3 aromatic rings. The number of amides is 1. The minimum atomic E-state index is -0.603. The number of carbonyl (C=O) groups excluding carboxylic acids is 1. The first-order valence-corrected chi connectivity index (χ1v) is 16.0. The van der Waals surface area contributed by atoms with E-state index in [9.17, 15) is 4.79 Å². The molecule has 1 amide bonds. The SMILES string of the molecule is C=CC(=O)N1CCC(Nc2cc(C(N)=Nc3ccc(Oc4ccnc(N5CCC(OC)C(C)(C)C5)c4)cc3F)c(N=C)cc2OC)CC1. The maximum absolute atomic E-state index is 15.4. The van der Waals surface area contributed by atoms with Crippen LogP contribution >= 0.6 is 0 Å². The molecular weight excluding hydrogens is 613 g/mol. The zero-order valence-electron chi connectivity index (χ0n) is 28.0. The summed E-state index contributed by atoms with van der Waals surface area (Å²) in [4.78, 5) is 29.0. The predicted octanol–water partition coefficient (Wildman–Crippen LogP) is 6.23. The summed E-state index contributed by atoms with van der Waals surface area (Å²) in [6, 6.07) is 11.6. The van der Waals surface area contributed by atoms with Crippen LogP contribution in [0.5, 0.6) is 17.2 Å². The van der Waals surface area contributed by atoms with E-state index < -0.39 is 5.82 Å². The quantitative estimate of drug-likeness (QED) is 0.141. The van der Waals surface area contributed by atoms with Crippen LogP contribution in [-0.4, -0.2) is 80.9 Å². The number of methoxy groups -OCH3 is 2. The van der Waals surface area contributed by atoms with Gasteiger partial charge in [-0.15, -0.1) is 0 Å². The fourth-order valence-corrected chi connectivity index (χ4v) is 6.35. The molecule has 2 fully saturated rings. The van der Waals surface area contributed by atoms with Crippen molar-refractivity contribution in [2.75, 3.05) is 50.6 Å².